The zero-order chi connectivity index (χ0) is 18.6. The van der Waals surface area contributed by atoms with Gasteiger partial charge < -0.3 is 9.80 Å². The summed E-state index contributed by atoms with van der Waals surface area (Å²) < 4.78 is 26.7. The molecular formula is C17H27N3O2S3. The topological polar surface area (TPSA) is 43.9 Å². The highest BCUT2D eigenvalue weighted by atomic mass is 32.3. The standard InChI is InChI=1S/C17H27N3O2S3/c1-5-18(6-2)15-9-10-16(14(3)13-15)20(25(4,21)22)24-17(23)19-11-7-8-12-19/h9-10,13H,5-8,11-12H2,1-4H3. The minimum absolute atomic E-state index is 0.621. The number of rotatable bonds is 6. The molecule has 1 saturated heterocycles. The lowest BCUT2D eigenvalue weighted by molar-refractivity contribution is 0.539. The highest BCUT2D eigenvalue weighted by Gasteiger charge is 2.26. The van der Waals surface area contributed by atoms with Crippen LogP contribution >= 0.6 is 24.2 Å². The van der Waals surface area contributed by atoms with E-state index < -0.39 is 10.0 Å². The van der Waals surface area contributed by atoms with E-state index in [0.29, 0.717) is 10.0 Å². The first kappa shape index (κ1) is 20.3. The molecule has 0 aromatic heterocycles. The molecule has 0 radical (unpaired) electrons. The third kappa shape index (κ3) is 5.01. The highest BCUT2D eigenvalue weighted by molar-refractivity contribution is 8.29. The molecule has 0 amide bonds. The van der Waals surface area contributed by atoms with Gasteiger partial charge in [-0.25, -0.2) is 12.1 Å². The van der Waals surface area contributed by atoms with E-state index in [1.807, 2.05) is 25.1 Å². The molecule has 8 heteroatoms. The van der Waals surface area contributed by atoms with Gasteiger partial charge in [-0.3, -0.25) is 0 Å². The van der Waals surface area contributed by atoms with Gasteiger partial charge in [0.1, 0.15) is 0 Å². The van der Waals surface area contributed by atoms with Crippen molar-refractivity contribution in [3.8, 4) is 0 Å². The molecule has 0 spiro atoms. The van der Waals surface area contributed by atoms with Gasteiger partial charge in [0, 0.05) is 43.8 Å². The second kappa shape index (κ2) is 8.60. The molecule has 1 aliphatic heterocycles. The monoisotopic (exact) mass is 401 g/mol. The second-order valence-corrected chi connectivity index (χ2v) is 9.83. The molecule has 0 bridgehead atoms. The van der Waals surface area contributed by atoms with Crippen molar-refractivity contribution in [1.82, 2.24) is 4.90 Å². The number of likely N-dealkylation sites (tertiary alicyclic amines) is 1. The van der Waals surface area contributed by atoms with Crippen LogP contribution in [0.15, 0.2) is 18.2 Å². The number of hydrogen-bond acceptors (Lipinski definition) is 5. The molecule has 0 aliphatic carbocycles. The van der Waals surface area contributed by atoms with Gasteiger partial charge >= 0.3 is 0 Å². The lowest BCUT2D eigenvalue weighted by atomic mass is 10.1. The molecule has 2 rings (SSSR count). The van der Waals surface area contributed by atoms with E-state index in [9.17, 15) is 8.42 Å². The maximum absolute atomic E-state index is 12.4. The third-order valence-corrected chi connectivity index (χ3v) is 7.43. The molecule has 140 valence electrons. The summed E-state index contributed by atoms with van der Waals surface area (Å²) in [4.78, 5) is 4.32. The smallest absolute Gasteiger partial charge is 0.242 e. The Labute approximate surface area is 161 Å². The molecule has 5 nitrogen and oxygen atoms in total. The number of nitrogens with zero attached hydrogens (tertiary/aromatic N) is 3. The SMILES string of the molecule is CCN(CC)c1ccc(N(SC(=S)N2CCCC2)S(C)(=O)=O)c(C)c1. The average molecular weight is 402 g/mol. The summed E-state index contributed by atoms with van der Waals surface area (Å²) in [7, 11) is -3.44. The maximum Gasteiger partial charge on any atom is 0.242 e. The number of benzene rings is 1. The zero-order valence-corrected chi connectivity index (χ0v) is 17.8. The first-order valence-electron chi connectivity index (χ1n) is 8.60. The molecule has 0 unspecified atom stereocenters. The van der Waals surface area contributed by atoms with Crippen LogP contribution in [-0.2, 0) is 10.0 Å². The summed E-state index contributed by atoms with van der Waals surface area (Å²) in [6, 6.07) is 5.90. The lowest BCUT2D eigenvalue weighted by Gasteiger charge is -2.27. The van der Waals surface area contributed by atoms with Gasteiger partial charge in [0.2, 0.25) is 10.0 Å². The van der Waals surface area contributed by atoms with Gasteiger partial charge in [0.05, 0.1) is 11.9 Å². The highest BCUT2D eigenvalue weighted by Crippen LogP contribution is 2.33. The van der Waals surface area contributed by atoms with Crippen molar-refractivity contribution in [2.24, 2.45) is 0 Å². The first-order valence-corrected chi connectivity index (χ1v) is 11.6. The summed E-state index contributed by atoms with van der Waals surface area (Å²) in [6.45, 7) is 9.81. The van der Waals surface area contributed by atoms with E-state index in [2.05, 4.69) is 23.6 Å². The van der Waals surface area contributed by atoms with Crippen LogP contribution in [0.4, 0.5) is 11.4 Å². The van der Waals surface area contributed by atoms with Gasteiger partial charge in [-0.05, 0) is 57.4 Å². The van der Waals surface area contributed by atoms with Gasteiger partial charge in [0.15, 0.2) is 4.32 Å². The van der Waals surface area contributed by atoms with Gasteiger partial charge in [0.25, 0.3) is 0 Å². The fourth-order valence-corrected chi connectivity index (χ4v) is 5.56. The Morgan fingerprint density at radius 3 is 2.32 bits per heavy atom. The molecule has 1 heterocycles. The zero-order valence-electron chi connectivity index (χ0n) is 15.4. The van der Waals surface area contributed by atoms with Crippen LogP contribution in [0, 0.1) is 6.92 Å². The van der Waals surface area contributed by atoms with Crippen molar-refractivity contribution in [2.75, 3.05) is 41.0 Å². The van der Waals surface area contributed by atoms with Crippen LogP contribution in [0.1, 0.15) is 32.3 Å². The summed E-state index contributed by atoms with van der Waals surface area (Å²) in [5, 5.41) is 0. The molecule has 0 N–H and O–H groups in total. The minimum atomic E-state index is -3.44. The van der Waals surface area contributed by atoms with Gasteiger partial charge in [-0.1, -0.05) is 12.2 Å². The Balaban J connectivity index is 2.30. The molecular weight excluding hydrogens is 374 g/mol. The maximum atomic E-state index is 12.4. The summed E-state index contributed by atoms with van der Waals surface area (Å²) >= 11 is 6.61. The van der Waals surface area contributed by atoms with Crippen LogP contribution in [-0.4, -0.2) is 50.1 Å². The van der Waals surface area contributed by atoms with Crippen molar-refractivity contribution >= 4 is 49.9 Å². The van der Waals surface area contributed by atoms with E-state index in [4.69, 9.17) is 12.2 Å². The van der Waals surface area contributed by atoms with Crippen LogP contribution < -0.4 is 8.61 Å². The van der Waals surface area contributed by atoms with Gasteiger partial charge in [-0.15, -0.1) is 0 Å². The number of sulfonamides is 1. The Bertz CT molecular complexity index is 712. The summed E-state index contributed by atoms with van der Waals surface area (Å²) in [5.74, 6) is 0. The Morgan fingerprint density at radius 1 is 1.24 bits per heavy atom. The molecule has 1 aliphatic rings. The predicted octanol–water partition coefficient (Wildman–Crippen LogP) is 3.64. The normalized spacial score (nSPS) is 14.6. The molecule has 0 atom stereocenters. The Morgan fingerprint density at radius 2 is 1.84 bits per heavy atom. The van der Waals surface area contributed by atoms with Crippen LogP contribution in [0.25, 0.3) is 0 Å². The second-order valence-electron chi connectivity index (χ2n) is 6.18. The minimum Gasteiger partial charge on any atom is -0.372 e. The first-order chi connectivity index (χ1) is 11.8. The van der Waals surface area contributed by atoms with Crippen molar-refractivity contribution in [1.29, 1.82) is 0 Å². The Hall–Kier alpha value is -0.990. The van der Waals surface area contributed by atoms with Crippen molar-refractivity contribution in [3.63, 3.8) is 0 Å². The van der Waals surface area contributed by atoms with Crippen molar-refractivity contribution in [3.05, 3.63) is 23.8 Å². The van der Waals surface area contributed by atoms with E-state index in [-0.39, 0.29) is 0 Å². The van der Waals surface area contributed by atoms with Crippen LogP contribution in [0.3, 0.4) is 0 Å². The number of anilines is 2. The third-order valence-electron chi connectivity index (χ3n) is 4.33. The summed E-state index contributed by atoms with van der Waals surface area (Å²) in [6.07, 6.45) is 3.44. The number of hydrogen-bond donors (Lipinski definition) is 0. The quantitative estimate of drug-likeness (QED) is 0.536. The largest absolute Gasteiger partial charge is 0.372 e. The average Bonchev–Trinajstić information content (AvgIpc) is 3.08. The lowest BCUT2D eigenvalue weighted by Crippen LogP contribution is -2.31. The molecule has 1 fully saturated rings. The van der Waals surface area contributed by atoms with Crippen molar-refractivity contribution in [2.45, 2.75) is 33.6 Å². The fraction of sp³-hybridized carbons (Fsp3) is 0.588. The predicted molar refractivity (Wildman–Crippen MR) is 113 cm³/mol. The summed E-state index contributed by atoms with van der Waals surface area (Å²) in [5.41, 5.74) is 2.70. The molecule has 25 heavy (non-hydrogen) atoms. The van der Waals surface area contributed by atoms with E-state index in [1.54, 1.807) is 0 Å². The molecule has 1 aromatic carbocycles. The molecule has 1 aromatic rings. The van der Waals surface area contributed by atoms with Crippen LogP contribution in [0.2, 0.25) is 0 Å². The van der Waals surface area contributed by atoms with E-state index in [0.717, 1.165) is 62.2 Å². The fourth-order valence-electron chi connectivity index (χ4n) is 2.95. The Kier molecular flexibility index (Phi) is 6.99. The van der Waals surface area contributed by atoms with Crippen molar-refractivity contribution < 1.29 is 8.42 Å². The molecule has 0 saturated carbocycles. The van der Waals surface area contributed by atoms with E-state index in [1.165, 1.54) is 9.97 Å². The number of aryl methyl sites for hydroxylation is 1. The van der Waals surface area contributed by atoms with Gasteiger partial charge in [-0.2, -0.15) is 0 Å². The van der Waals surface area contributed by atoms with E-state index >= 15 is 0 Å². The number of thiocarbonyl (C=S) groups is 1. The van der Waals surface area contributed by atoms with Crippen LogP contribution in [0.5, 0.6) is 0 Å².